The van der Waals surface area contributed by atoms with Crippen LogP contribution in [0.15, 0.2) is 54.6 Å². The van der Waals surface area contributed by atoms with Gasteiger partial charge in [0.1, 0.15) is 5.75 Å². The maximum Gasteiger partial charge on any atom is 0.336 e. The van der Waals surface area contributed by atoms with E-state index in [1.165, 1.54) is 0 Å². The van der Waals surface area contributed by atoms with Crippen molar-refractivity contribution in [2.24, 2.45) is 0 Å². The Hall–Kier alpha value is -3.22. The van der Waals surface area contributed by atoms with Gasteiger partial charge in [-0.05, 0) is 31.2 Å². The fourth-order valence-electron chi connectivity index (χ4n) is 3.00. The lowest BCUT2D eigenvalue weighted by molar-refractivity contribution is 0.0929. The van der Waals surface area contributed by atoms with Crippen molar-refractivity contribution in [3.8, 4) is 5.75 Å². The van der Waals surface area contributed by atoms with Crippen LogP contribution in [0.3, 0.4) is 0 Å². The molecule has 2 aromatic rings. The second-order valence-electron chi connectivity index (χ2n) is 6.13. The molecule has 1 fully saturated rings. The summed E-state index contributed by atoms with van der Waals surface area (Å²) in [6.45, 7) is 5.10. The molecule has 3 amide bonds. The van der Waals surface area contributed by atoms with Gasteiger partial charge in [-0.25, -0.2) is 10.2 Å². The van der Waals surface area contributed by atoms with Gasteiger partial charge in [0.05, 0.1) is 12.3 Å². The van der Waals surface area contributed by atoms with Gasteiger partial charge in [0.25, 0.3) is 5.91 Å². The first-order valence-corrected chi connectivity index (χ1v) is 9.06. The molecule has 0 aromatic heterocycles. The van der Waals surface area contributed by atoms with Crippen LogP contribution in [-0.4, -0.2) is 49.6 Å². The Morgan fingerprint density at radius 3 is 2.30 bits per heavy atom. The molecule has 1 heterocycles. The van der Waals surface area contributed by atoms with Crippen LogP contribution < -0.4 is 20.5 Å². The Morgan fingerprint density at radius 1 is 0.926 bits per heavy atom. The number of hydrazine groups is 1. The van der Waals surface area contributed by atoms with Crippen LogP contribution in [0.5, 0.6) is 5.75 Å². The van der Waals surface area contributed by atoms with Crippen molar-refractivity contribution < 1.29 is 14.3 Å². The van der Waals surface area contributed by atoms with Crippen LogP contribution >= 0.6 is 0 Å². The lowest BCUT2D eigenvalue weighted by atomic mass is 10.2. The third-order valence-corrected chi connectivity index (χ3v) is 4.39. The number of hydrogen-bond donors (Lipinski definition) is 2. The third-order valence-electron chi connectivity index (χ3n) is 4.39. The van der Waals surface area contributed by atoms with Crippen LogP contribution in [-0.2, 0) is 0 Å². The topological polar surface area (TPSA) is 73.9 Å². The fraction of sp³-hybridized carbons (Fsp3) is 0.300. The number of nitrogens with one attached hydrogen (secondary N) is 2. The molecule has 1 saturated heterocycles. The number of benzene rings is 2. The summed E-state index contributed by atoms with van der Waals surface area (Å²) in [5.74, 6) is 0.515. The highest BCUT2D eigenvalue weighted by Crippen LogP contribution is 2.28. The minimum atomic E-state index is -0.340. The monoisotopic (exact) mass is 368 g/mol. The largest absolute Gasteiger partial charge is 0.492 e. The second kappa shape index (κ2) is 8.93. The number of hydrogen-bond acceptors (Lipinski definition) is 4. The van der Waals surface area contributed by atoms with E-state index in [-0.39, 0.29) is 11.9 Å². The standard InChI is InChI=1S/C20H24N4O3/c1-2-27-18-11-7-6-10-17(18)23-12-14-24(15-13-23)20(26)22-21-19(25)16-8-4-3-5-9-16/h3-11H,2,12-15H2,1H3,(H,21,25)(H,22,26). The Labute approximate surface area is 158 Å². The first-order valence-electron chi connectivity index (χ1n) is 9.06. The zero-order chi connectivity index (χ0) is 19.1. The van der Waals surface area contributed by atoms with Crippen molar-refractivity contribution in [3.05, 3.63) is 60.2 Å². The molecule has 3 rings (SSSR count). The lowest BCUT2D eigenvalue weighted by Gasteiger charge is -2.36. The summed E-state index contributed by atoms with van der Waals surface area (Å²) >= 11 is 0. The summed E-state index contributed by atoms with van der Waals surface area (Å²) in [7, 11) is 0. The predicted octanol–water partition coefficient (Wildman–Crippen LogP) is 2.26. The smallest absolute Gasteiger partial charge is 0.336 e. The van der Waals surface area contributed by atoms with E-state index in [0.717, 1.165) is 11.4 Å². The number of para-hydroxylation sites is 2. The van der Waals surface area contributed by atoms with Gasteiger partial charge >= 0.3 is 6.03 Å². The molecule has 0 saturated carbocycles. The first-order chi connectivity index (χ1) is 13.2. The second-order valence-corrected chi connectivity index (χ2v) is 6.13. The van der Waals surface area contributed by atoms with Gasteiger partial charge in [-0.2, -0.15) is 0 Å². The van der Waals surface area contributed by atoms with Crippen molar-refractivity contribution in [1.82, 2.24) is 15.8 Å². The molecule has 7 heteroatoms. The summed E-state index contributed by atoms with van der Waals surface area (Å²) in [4.78, 5) is 28.2. The van der Waals surface area contributed by atoms with Gasteiger partial charge in [0.15, 0.2) is 0 Å². The summed E-state index contributed by atoms with van der Waals surface area (Å²) in [5.41, 5.74) is 6.47. The molecule has 0 bridgehead atoms. The fourth-order valence-corrected chi connectivity index (χ4v) is 3.00. The van der Waals surface area contributed by atoms with Crippen LogP contribution in [0.4, 0.5) is 10.5 Å². The zero-order valence-corrected chi connectivity index (χ0v) is 15.4. The van der Waals surface area contributed by atoms with Crippen LogP contribution in [0.25, 0.3) is 0 Å². The molecule has 0 atom stereocenters. The van der Waals surface area contributed by atoms with Gasteiger partial charge in [0, 0.05) is 31.7 Å². The average molecular weight is 368 g/mol. The van der Waals surface area contributed by atoms with Crippen LogP contribution in [0, 0.1) is 0 Å². The molecule has 142 valence electrons. The number of piperazine rings is 1. The molecule has 1 aliphatic rings. The van der Waals surface area contributed by atoms with E-state index in [4.69, 9.17) is 4.74 Å². The minimum Gasteiger partial charge on any atom is -0.492 e. The SMILES string of the molecule is CCOc1ccccc1N1CCN(C(=O)NNC(=O)c2ccccc2)CC1. The molecule has 0 radical (unpaired) electrons. The third kappa shape index (κ3) is 4.69. The molecule has 0 spiro atoms. The molecule has 2 aromatic carbocycles. The maximum atomic E-state index is 12.3. The highest BCUT2D eigenvalue weighted by Gasteiger charge is 2.23. The number of ether oxygens (including phenoxy) is 1. The quantitative estimate of drug-likeness (QED) is 0.812. The van der Waals surface area contributed by atoms with Crippen molar-refractivity contribution in [2.45, 2.75) is 6.92 Å². The van der Waals surface area contributed by atoms with Gasteiger partial charge in [-0.1, -0.05) is 30.3 Å². The number of anilines is 1. The Morgan fingerprint density at radius 2 is 1.59 bits per heavy atom. The van der Waals surface area contributed by atoms with E-state index in [9.17, 15) is 9.59 Å². The van der Waals surface area contributed by atoms with Crippen LogP contribution in [0.1, 0.15) is 17.3 Å². The van der Waals surface area contributed by atoms with Gasteiger partial charge in [-0.3, -0.25) is 10.2 Å². The van der Waals surface area contributed by atoms with Gasteiger partial charge < -0.3 is 14.5 Å². The Bertz CT molecular complexity index is 774. The molecule has 27 heavy (non-hydrogen) atoms. The molecular weight excluding hydrogens is 344 g/mol. The van der Waals surface area contributed by atoms with E-state index in [0.29, 0.717) is 38.3 Å². The lowest BCUT2D eigenvalue weighted by Crippen LogP contribution is -2.55. The van der Waals surface area contributed by atoms with Crippen molar-refractivity contribution in [1.29, 1.82) is 0 Å². The summed E-state index contributed by atoms with van der Waals surface area (Å²) in [6, 6.07) is 16.4. The van der Waals surface area contributed by atoms with Gasteiger partial charge in [0.2, 0.25) is 0 Å². The van der Waals surface area contributed by atoms with Crippen molar-refractivity contribution in [3.63, 3.8) is 0 Å². The number of nitrogens with zero attached hydrogens (tertiary/aromatic N) is 2. The van der Waals surface area contributed by atoms with E-state index in [1.54, 1.807) is 29.2 Å². The average Bonchev–Trinajstić information content (AvgIpc) is 2.73. The minimum absolute atomic E-state index is 0.308. The van der Waals surface area contributed by atoms with Crippen LogP contribution in [0.2, 0.25) is 0 Å². The molecule has 0 unspecified atom stereocenters. The van der Waals surface area contributed by atoms with Gasteiger partial charge in [-0.15, -0.1) is 0 Å². The number of carbonyl (C=O) groups excluding carboxylic acids is 2. The van der Waals surface area contributed by atoms with E-state index >= 15 is 0 Å². The molecular formula is C20H24N4O3. The molecule has 0 aliphatic carbocycles. The Kier molecular flexibility index (Phi) is 6.14. The number of urea groups is 1. The number of rotatable bonds is 4. The highest BCUT2D eigenvalue weighted by molar-refractivity contribution is 5.95. The summed E-state index contributed by atoms with van der Waals surface area (Å²) in [5, 5.41) is 0. The molecule has 2 N–H and O–H groups in total. The molecule has 7 nitrogen and oxygen atoms in total. The zero-order valence-electron chi connectivity index (χ0n) is 15.4. The first kappa shape index (κ1) is 18.6. The number of amides is 3. The highest BCUT2D eigenvalue weighted by atomic mass is 16.5. The normalized spacial score (nSPS) is 13.8. The predicted molar refractivity (Wildman–Crippen MR) is 104 cm³/mol. The van der Waals surface area contributed by atoms with E-state index < -0.39 is 0 Å². The van der Waals surface area contributed by atoms with E-state index in [1.807, 2.05) is 37.3 Å². The number of carbonyl (C=O) groups is 2. The summed E-state index contributed by atoms with van der Waals surface area (Å²) < 4.78 is 5.69. The molecule has 1 aliphatic heterocycles. The summed E-state index contributed by atoms with van der Waals surface area (Å²) in [6.07, 6.45) is 0. The van der Waals surface area contributed by atoms with Crippen molar-refractivity contribution >= 4 is 17.6 Å². The van der Waals surface area contributed by atoms with E-state index in [2.05, 4.69) is 15.8 Å². The maximum absolute atomic E-state index is 12.3. The van der Waals surface area contributed by atoms with Crippen molar-refractivity contribution in [2.75, 3.05) is 37.7 Å². The Balaban J connectivity index is 1.50.